The van der Waals surface area contributed by atoms with Crippen LogP contribution in [0.2, 0.25) is 0 Å². The normalized spacial score (nSPS) is 34.7. The minimum Gasteiger partial charge on any atom is -0.378 e. The maximum Gasteiger partial charge on any atom is 0.266 e. The molecule has 0 N–H and O–H groups in total. The van der Waals surface area contributed by atoms with Gasteiger partial charge in [0.05, 0.1) is 19.3 Å². The Balaban J connectivity index is 1.21. The molecule has 0 bridgehead atoms. The monoisotopic (exact) mass is 440 g/mol. The summed E-state index contributed by atoms with van der Waals surface area (Å²) in [7, 11) is 0. The molecular weight excluding hydrogens is 398 g/mol. The molecule has 0 aromatic carbocycles. The lowest BCUT2D eigenvalue weighted by Crippen LogP contribution is -2.37. The van der Waals surface area contributed by atoms with Gasteiger partial charge in [-0.3, -0.25) is 0 Å². The number of rotatable bonds is 10. The molecule has 3 nitrogen and oxygen atoms in total. The fraction of sp³-hybridized carbons (Fsp3) is 0.846. The van der Waals surface area contributed by atoms with Crippen LogP contribution in [0.3, 0.4) is 0 Å². The van der Waals surface area contributed by atoms with Crippen molar-refractivity contribution in [2.45, 2.75) is 96.4 Å². The van der Waals surface area contributed by atoms with Crippen LogP contribution in [0.5, 0.6) is 0 Å². The fourth-order valence-corrected chi connectivity index (χ4v) is 5.57. The van der Waals surface area contributed by atoms with Crippen molar-refractivity contribution in [1.82, 2.24) is 0 Å². The van der Waals surface area contributed by atoms with Crippen molar-refractivity contribution in [2.24, 2.45) is 23.7 Å². The Morgan fingerprint density at radius 3 is 2.26 bits per heavy atom. The lowest BCUT2D eigenvalue weighted by molar-refractivity contribution is -0.211. The second-order valence-electron chi connectivity index (χ2n) is 9.79. The zero-order valence-corrected chi connectivity index (χ0v) is 19.3. The molecule has 3 fully saturated rings. The van der Waals surface area contributed by atoms with E-state index >= 15 is 0 Å². The molecule has 2 saturated carbocycles. The topological polar surface area (TPSA) is 27.7 Å². The van der Waals surface area contributed by atoms with E-state index < -0.39 is 6.08 Å². The van der Waals surface area contributed by atoms with Gasteiger partial charge in [0.1, 0.15) is 0 Å². The Labute approximate surface area is 187 Å². The van der Waals surface area contributed by atoms with Crippen molar-refractivity contribution < 1.29 is 23.0 Å². The molecular formula is C26H42F2O3. The number of ether oxygens (including phenoxy) is 3. The van der Waals surface area contributed by atoms with Crippen LogP contribution < -0.4 is 0 Å². The Hall–Kier alpha value is -0.780. The van der Waals surface area contributed by atoms with E-state index in [2.05, 4.69) is 12.2 Å². The minimum atomic E-state index is -1.54. The molecule has 31 heavy (non-hydrogen) atoms. The van der Waals surface area contributed by atoms with Gasteiger partial charge in [-0.05, 0) is 88.5 Å². The van der Waals surface area contributed by atoms with Gasteiger partial charge in [-0.25, -0.2) is 0 Å². The summed E-state index contributed by atoms with van der Waals surface area (Å²) in [6, 6.07) is 0. The number of allylic oxidation sites excluding steroid dienone is 3. The highest BCUT2D eigenvalue weighted by Gasteiger charge is 2.31. The Morgan fingerprint density at radius 1 is 0.903 bits per heavy atom. The number of halogens is 2. The predicted octanol–water partition coefficient (Wildman–Crippen LogP) is 7.27. The highest BCUT2D eigenvalue weighted by Crippen LogP contribution is 2.37. The Bertz CT molecular complexity index is 537. The molecule has 3 rings (SSSR count). The van der Waals surface area contributed by atoms with Crippen LogP contribution in [0, 0.1) is 23.7 Å². The highest BCUT2D eigenvalue weighted by molar-refractivity contribution is 4.91. The van der Waals surface area contributed by atoms with E-state index in [9.17, 15) is 8.78 Å². The second-order valence-corrected chi connectivity index (χ2v) is 9.79. The quantitative estimate of drug-likeness (QED) is 0.264. The first-order chi connectivity index (χ1) is 15.1. The van der Waals surface area contributed by atoms with Crippen molar-refractivity contribution in [3.05, 3.63) is 24.3 Å². The smallest absolute Gasteiger partial charge is 0.266 e. The van der Waals surface area contributed by atoms with Crippen LogP contribution in [-0.2, 0) is 14.2 Å². The fourth-order valence-electron chi connectivity index (χ4n) is 5.57. The van der Waals surface area contributed by atoms with E-state index in [-0.39, 0.29) is 18.3 Å². The van der Waals surface area contributed by atoms with Gasteiger partial charge in [-0.1, -0.05) is 25.0 Å². The van der Waals surface area contributed by atoms with E-state index in [1.165, 1.54) is 32.1 Å². The third-order valence-corrected chi connectivity index (χ3v) is 7.55. The first-order valence-corrected chi connectivity index (χ1v) is 12.6. The zero-order chi connectivity index (χ0) is 21.9. The zero-order valence-electron chi connectivity index (χ0n) is 19.3. The molecule has 1 heterocycles. The summed E-state index contributed by atoms with van der Waals surface area (Å²) in [4.78, 5) is 0. The number of hydrogen-bond donors (Lipinski definition) is 0. The molecule has 0 atom stereocenters. The lowest BCUT2D eigenvalue weighted by Gasteiger charge is -2.37. The summed E-state index contributed by atoms with van der Waals surface area (Å²) in [5, 5.41) is 0. The summed E-state index contributed by atoms with van der Waals surface area (Å²) in [6.07, 6.45) is 17.2. The van der Waals surface area contributed by atoms with Gasteiger partial charge in [0.15, 0.2) is 6.29 Å². The second kappa shape index (κ2) is 13.7. The highest BCUT2D eigenvalue weighted by atomic mass is 19.3. The van der Waals surface area contributed by atoms with Gasteiger partial charge in [-0.15, -0.1) is 0 Å². The molecule has 3 aliphatic rings. The van der Waals surface area contributed by atoms with Gasteiger partial charge < -0.3 is 14.2 Å². The molecule has 0 amide bonds. The molecule has 1 saturated heterocycles. The molecule has 0 radical (unpaired) electrons. The van der Waals surface area contributed by atoms with Crippen molar-refractivity contribution in [3.8, 4) is 0 Å². The van der Waals surface area contributed by atoms with E-state index in [1.54, 1.807) is 0 Å². The average Bonchev–Trinajstić information content (AvgIpc) is 2.79. The van der Waals surface area contributed by atoms with Crippen molar-refractivity contribution in [3.63, 3.8) is 0 Å². The van der Waals surface area contributed by atoms with Gasteiger partial charge in [0.2, 0.25) is 0 Å². The maximum atomic E-state index is 12.4. The van der Waals surface area contributed by atoms with Crippen LogP contribution in [0.1, 0.15) is 84.0 Å². The molecule has 0 aromatic heterocycles. The largest absolute Gasteiger partial charge is 0.378 e. The Kier molecular flexibility index (Phi) is 11.0. The lowest BCUT2D eigenvalue weighted by atomic mass is 9.75. The molecule has 2 aliphatic carbocycles. The van der Waals surface area contributed by atoms with Gasteiger partial charge in [-0.2, -0.15) is 8.78 Å². The van der Waals surface area contributed by atoms with Gasteiger partial charge in [0.25, 0.3) is 6.08 Å². The maximum absolute atomic E-state index is 12.4. The van der Waals surface area contributed by atoms with Gasteiger partial charge in [0, 0.05) is 18.9 Å². The van der Waals surface area contributed by atoms with Crippen molar-refractivity contribution >= 4 is 0 Å². The molecule has 0 aromatic rings. The third-order valence-electron chi connectivity index (χ3n) is 7.55. The standard InChI is InChI=1S/C26H42F2O3/c1-2-3-4-7-26-30-18-23(19-31-26)22-12-8-20(9-13-22)6-5-16-29-24-14-10-21(11-15-24)17-25(27)28/h2-3,17,20-24,26H,4-16,18-19H2,1H3/b3-2+. The minimum absolute atomic E-state index is 0.0137. The van der Waals surface area contributed by atoms with Crippen LogP contribution in [0.25, 0.3) is 0 Å². The molecule has 178 valence electrons. The summed E-state index contributed by atoms with van der Waals surface area (Å²) in [5.41, 5.74) is 0. The van der Waals surface area contributed by atoms with Gasteiger partial charge >= 0.3 is 0 Å². The van der Waals surface area contributed by atoms with Crippen molar-refractivity contribution in [1.29, 1.82) is 0 Å². The summed E-state index contributed by atoms with van der Waals surface area (Å²) >= 11 is 0. The first kappa shape index (κ1) is 24.9. The average molecular weight is 441 g/mol. The number of hydrogen-bond acceptors (Lipinski definition) is 3. The summed E-state index contributed by atoms with van der Waals surface area (Å²) in [6.45, 7) is 4.59. The molecule has 0 unspecified atom stereocenters. The molecule has 1 aliphatic heterocycles. The van der Waals surface area contributed by atoms with Crippen LogP contribution >= 0.6 is 0 Å². The Morgan fingerprint density at radius 2 is 1.61 bits per heavy atom. The van der Waals surface area contributed by atoms with E-state index in [1.807, 2.05) is 6.92 Å². The predicted molar refractivity (Wildman–Crippen MR) is 120 cm³/mol. The van der Waals surface area contributed by atoms with E-state index in [0.717, 1.165) is 82.7 Å². The third kappa shape index (κ3) is 8.94. The van der Waals surface area contributed by atoms with Crippen molar-refractivity contribution in [2.75, 3.05) is 19.8 Å². The summed E-state index contributed by atoms with van der Waals surface area (Å²) in [5.74, 6) is 2.19. The summed E-state index contributed by atoms with van der Waals surface area (Å²) < 4.78 is 42.7. The van der Waals surface area contributed by atoms with Crippen LogP contribution in [0.15, 0.2) is 24.3 Å². The van der Waals surface area contributed by atoms with Crippen LogP contribution in [-0.4, -0.2) is 32.2 Å². The van der Waals surface area contributed by atoms with E-state index in [4.69, 9.17) is 14.2 Å². The van der Waals surface area contributed by atoms with Crippen LogP contribution in [0.4, 0.5) is 8.78 Å². The SMILES string of the molecule is C/C=C/CCC1OCC(C2CCC(CCCOC3CCC(C=C(F)F)CC3)CC2)CO1. The first-order valence-electron chi connectivity index (χ1n) is 12.6. The molecule has 5 heteroatoms. The molecule has 0 spiro atoms. The van der Waals surface area contributed by atoms with E-state index in [0.29, 0.717) is 5.92 Å².